The molecule has 0 spiro atoms. The highest BCUT2D eigenvalue weighted by atomic mass is 32.2. The molecule has 0 atom stereocenters. The highest BCUT2D eigenvalue weighted by molar-refractivity contribution is 8.15. The van der Waals surface area contributed by atoms with E-state index in [1.165, 1.54) is 47.0 Å². The van der Waals surface area contributed by atoms with Gasteiger partial charge in [0.2, 0.25) is 5.91 Å². The molecule has 0 N–H and O–H groups in total. The number of ether oxygens (including phenoxy) is 1. The highest BCUT2D eigenvalue weighted by Crippen LogP contribution is 2.36. The van der Waals surface area contributed by atoms with Crippen LogP contribution in [0.2, 0.25) is 0 Å². The normalized spacial score (nSPS) is 15.3. The molecule has 0 radical (unpaired) electrons. The van der Waals surface area contributed by atoms with Gasteiger partial charge in [0.25, 0.3) is 0 Å². The number of rotatable bonds is 6. The van der Waals surface area contributed by atoms with Gasteiger partial charge < -0.3 is 4.74 Å². The van der Waals surface area contributed by atoms with Gasteiger partial charge in [-0.15, -0.1) is 23.4 Å². The van der Waals surface area contributed by atoms with Crippen molar-refractivity contribution in [3.8, 4) is 22.8 Å². The summed E-state index contributed by atoms with van der Waals surface area (Å²) < 4.78 is 42.5. The molecule has 0 unspecified atom stereocenters. The zero-order valence-electron chi connectivity index (χ0n) is 22.3. The first kappa shape index (κ1) is 28.1. The summed E-state index contributed by atoms with van der Waals surface area (Å²) in [5, 5.41) is 13.5. The fourth-order valence-electron chi connectivity index (χ4n) is 4.16. The number of anilines is 1. The predicted molar refractivity (Wildman–Crippen MR) is 154 cm³/mol. The number of thioether (sulfide) groups is 1. The molecule has 1 aliphatic heterocycles. The minimum atomic E-state index is -4.75. The summed E-state index contributed by atoms with van der Waals surface area (Å²) in [6.45, 7) is 6.31. The van der Waals surface area contributed by atoms with Crippen molar-refractivity contribution in [2.24, 2.45) is 10.2 Å². The Kier molecular flexibility index (Phi) is 7.68. The average molecular weight is 579 g/mol. The lowest BCUT2D eigenvalue weighted by molar-refractivity contribution is -0.274. The molecule has 1 aromatic heterocycles. The maximum absolute atomic E-state index is 12.7. The second-order valence-electron chi connectivity index (χ2n) is 10.1. The quantitative estimate of drug-likeness (QED) is 0.190. The largest absolute Gasteiger partial charge is 0.573 e. The molecule has 1 amide bonds. The van der Waals surface area contributed by atoms with Crippen LogP contribution in [0.25, 0.3) is 17.1 Å². The summed E-state index contributed by atoms with van der Waals surface area (Å²) in [6, 6.07) is 20.5. The van der Waals surface area contributed by atoms with Crippen LogP contribution in [0.5, 0.6) is 5.75 Å². The fourth-order valence-corrected chi connectivity index (χ4v) is 4.98. The lowest BCUT2D eigenvalue weighted by Gasteiger charge is -2.26. The number of para-hydroxylation sites is 1. The van der Waals surface area contributed by atoms with Gasteiger partial charge in [0, 0.05) is 5.56 Å². The lowest BCUT2D eigenvalue weighted by atomic mass is 9.85. The number of carbonyl (C=O) groups excluding carboxylic acids is 1. The van der Waals surface area contributed by atoms with Crippen LogP contribution >= 0.6 is 11.8 Å². The van der Waals surface area contributed by atoms with Gasteiger partial charge in [0.05, 0.1) is 23.3 Å². The molecule has 1 fully saturated rings. The molecule has 8 nitrogen and oxygen atoms in total. The van der Waals surface area contributed by atoms with Crippen LogP contribution in [0.1, 0.15) is 31.9 Å². The molecule has 210 valence electrons. The Morgan fingerprint density at radius 2 is 1.68 bits per heavy atom. The smallest absolute Gasteiger partial charge is 0.406 e. The number of nitrogens with zero attached hydrogens (tertiary/aromatic N) is 6. The van der Waals surface area contributed by atoms with Gasteiger partial charge in [-0.2, -0.15) is 5.10 Å². The van der Waals surface area contributed by atoms with Crippen molar-refractivity contribution in [2.45, 2.75) is 32.5 Å². The van der Waals surface area contributed by atoms with Crippen molar-refractivity contribution in [3.05, 3.63) is 90.3 Å². The summed E-state index contributed by atoms with van der Waals surface area (Å²) in [4.78, 5) is 18.7. The first-order valence-electron chi connectivity index (χ1n) is 12.5. The van der Waals surface area contributed by atoms with Gasteiger partial charge in [0.1, 0.15) is 12.1 Å². The van der Waals surface area contributed by atoms with E-state index in [4.69, 9.17) is 0 Å². The minimum absolute atomic E-state index is 0.0393. The average Bonchev–Trinajstić information content (AvgIpc) is 3.55. The van der Waals surface area contributed by atoms with Crippen LogP contribution in [0.3, 0.4) is 0 Å². The molecule has 3 aromatic carbocycles. The van der Waals surface area contributed by atoms with Crippen LogP contribution in [0.4, 0.5) is 18.9 Å². The second kappa shape index (κ2) is 11.2. The fraction of sp³-hybridized carbons (Fsp3) is 0.207. The van der Waals surface area contributed by atoms with E-state index in [-0.39, 0.29) is 17.1 Å². The summed E-state index contributed by atoms with van der Waals surface area (Å²) in [7, 11) is 0. The van der Waals surface area contributed by atoms with E-state index in [0.717, 1.165) is 22.4 Å². The lowest BCUT2D eigenvalue weighted by Crippen LogP contribution is -2.31. The van der Waals surface area contributed by atoms with Crippen molar-refractivity contribution in [3.63, 3.8) is 0 Å². The molecular weight excluding hydrogens is 553 g/mol. The van der Waals surface area contributed by atoms with Gasteiger partial charge in [0.15, 0.2) is 11.0 Å². The Morgan fingerprint density at radius 3 is 2.37 bits per heavy atom. The Morgan fingerprint density at radius 1 is 0.976 bits per heavy atom. The molecule has 0 aliphatic carbocycles. The third-order valence-electron chi connectivity index (χ3n) is 6.06. The first-order chi connectivity index (χ1) is 19.5. The van der Waals surface area contributed by atoms with Crippen LogP contribution in [0, 0.1) is 0 Å². The molecule has 1 aliphatic rings. The van der Waals surface area contributed by atoms with E-state index in [0.29, 0.717) is 22.4 Å². The molecule has 5 rings (SSSR count). The van der Waals surface area contributed by atoms with E-state index >= 15 is 0 Å². The zero-order valence-corrected chi connectivity index (χ0v) is 23.1. The molecule has 12 heteroatoms. The number of amides is 1. The van der Waals surface area contributed by atoms with Gasteiger partial charge in [-0.3, -0.25) is 9.69 Å². The van der Waals surface area contributed by atoms with E-state index in [1.54, 1.807) is 11.1 Å². The monoisotopic (exact) mass is 578 g/mol. The zero-order chi connectivity index (χ0) is 29.2. The SMILES string of the molecule is CC(C)(C)c1ccccc1N1C(=O)CS/C1=N\N=C\c1ccc(-c2ncn(-c3ccc(OC(F)(F)F)cc3)n2)cc1. The number of amidine groups is 1. The number of hydrogen-bond acceptors (Lipinski definition) is 7. The van der Waals surface area contributed by atoms with Crippen LogP contribution in [-0.4, -0.2) is 44.2 Å². The molecule has 41 heavy (non-hydrogen) atoms. The Bertz CT molecular complexity index is 1610. The van der Waals surface area contributed by atoms with Crippen molar-refractivity contribution in [2.75, 3.05) is 10.7 Å². The highest BCUT2D eigenvalue weighted by Gasteiger charge is 2.33. The van der Waals surface area contributed by atoms with Gasteiger partial charge >= 0.3 is 6.36 Å². The maximum atomic E-state index is 12.7. The Hall–Kier alpha value is -4.45. The number of benzene rings is 3. The molecule has 4 aromatic rings. The number of hydrogen-bond donors (Lipinski definition) is 0. The number of carbonyl (C=O) groups is 1. The Labute approximate surface area is 238 Å². The van der Waals surface area contributed by atoms with Crippen LogP contribution in [0.15, 0.2) is 89.3 Å². The van der Waals surface area contributed by atoms with Gasteiger partial charge in [-0.1, -0.05) is 75.0 Å². The molecule has 2 heterocycles. The topological polar surface area (TPSA) is 85.0 Å². The third-order valence-corrected chi connectivity index (χ3v) is 6.98. The van der Waals surface area contributed by atoms with E-state index in [9.17, 15) is 18.0 Å². The summed E-state index contributed by atoms with van der Waals surface area (Å²) >= 11 is 1.35. The van der Waals surface area contributed by atoms with Crippen molar-refractivity contribution in [1.29, 1.82) is 0 Å². The predicted octanol–water partition coefficient (Wildman–Crippen LogP) is 6.60. The maximum Gasteiger partial charge on any atom is 0.573 e. The van der Waals surface area contributed by atoms with Crippen molar-refractivity contribution < 1.29 is 22.7 Å². The van der Waals surface area contributed by atoms with Crippen LogP contribution < -0.4 is 9.64 Å². The number of aromatic nitrogens is 3. The second-order valence-corrected chi connectivity index (χ2v) is 11.0. The molecular formula is C29H25F3N6O2S. The van der Waals surface area contributed by atoms with Gasteiger partial charge in [-0.05, 0) is 46.9 Å². The minimum Gasteiger partial charge on any atom is -0.406 e. The van der Waals surface area contributed by atoms with Crippen molar-refractivity contribution in [1.82, 2.24) is 14.8 Å². The van der Waals surface area contributed by atoms with Gasteiger partial charge in [-0.25, -0.2) is 9.67 Å². The summed E-state index contributed by atoms with van der Waals surface area (Å²) in [5.41, 5.74) is 3.77. The third kappa shape index (κ3) is 6.65. The standard InChI is InChI=1S/C29H25F3N6O2S/c1-28(2,3)23-6-4-5-7-24(23)38-25(39)17-41-27(38)35-34-16-19-8-10-20(11-9-19)26-33-18-37(36-26)21-12-14-22(15-13-21)40-29(30,31)32/h4-16,18H,17H2,1-3H3/b34-16+,35-27-. The van der Waals surface area contributed by atoms with E-state index in [2.05, 4.69) is 45.8 Å². The summed E-state index contributed by atoms with van der Waals surface area (Å²) in [6.07, 6.45) is -1.67. The number of alkyl halides is 3. The molecule has 0 bridgehead atoms. The van der Waals surface area contributed by atoms with E-state index < -0.39 is 6.36 Å². The van der Waals surface area contributed by atoms with Crippen LogP contribution in [-0.2, 0) is 10.2 Å². The Balaban J connectivity index is 1.28. The molecule has 1 saturated heterocycles. The van der Waals surface area contributed by atoms with E-state index in [1.807, 2.05) is 48.5 Å². The molecule has 0 saturated carbocycles. The summed E-state index contributed by atoms with van der Waals surface area (Å²) in [5.74, 6) is 0.387. The van der Waals surface area contributed by atoms with Crippen molar-refractivity contribution >= 4 is 34.7 Å². The number of halogens is 3. The first-order valence-corrected chi connectivity index (χ1v) is 13.5.